The third kappa shape index (κ3) is 3.90. The maximum atomic E-state index is 11.8. The van der Waals surface area contributed by atoms with Crippen LogP contribution in [0.3, 0.4) is 0 Å². The highest BCUT2D eigenvalue weighted by molar-refractivity contribution is 7.89. The average Bonchev–Trinajstić information content (AvgIpc) is 2.26. The third-order valence-electron chi connectivity index (χ3n) is 2.17. The van der Waals surface area contributed by atoms with Crippen LogP contribution < -0.4 is 20.9 Å². The summed E-state index contributed by atoms with van der Waals surface area (Å²) in [6, 6.07) is 4.73. The Bertz CT molecular complexity index is 542. The number of hydrogen-bond donors (Lipinski definition) is 3. The summed E-state index contributed by atoms with van der Waals surface area (Å²) < 4.78 is 26.4. The summed E-state index contributed by atoms with van der Waals surface area (Å²) in [6.45, 7) is -0.0738. The van der Waals surface area contributed by atoms with E-state index in [1.54, 1.807) is 12.1 Å². The van der Waals surface area contributed by atoms with Crippen LogP contribution in [0, 0.1) is 0 Å². The molecule has 0 saturated carbocycles. The number of amides is 1. The number of rotatable bonds is 5. The van der Waals surface area contributed by atoms with E-state index in [9.17, 15) is 13.2 Å². The monoisotopic (exact) mass is 273 g/mol. The molecule has 5 N–H and O–H groups in total. The molecule has 0 aliphatic rings. The number of sulfonamides is 1. The summed E-state index contributed by atoms with van der Waals surface area (Å²) >= 11 is 0. The zero-order valence-corrected chi connectivity index (χ0v) is 10.7. The van der Waals surface area contributed by atoms with Gasteiger partial charge in [-0.3, -0.25) is 4.79 Å². The van der Waals surface area contributed by atoms with Crippen LogP contribution in [0.4, 0.5) is 5.69 Å². The quantitative estimate of drug-likeness (QED) is 0.611. The van der Waals surface area contributed by atoms with E-state index in [1.165, 1.54) is 13.2 Å². The number of nitrogens with one attached hydrogen (secondary N) is 1. The van der Waals surface area contributed by atoms with Gasteiger partial charge in [0.15, 0.2) is 5.75 Å². The lowest BCUT2D eigenvalue weighted by Gasteiger charge is -2.10. The Kier molecular flexibility index (Phi) is 4.51. The maximum absolute atomic E-state index is 11.8. The van der Waals surface area contributed by atoms with Gasteiger partial charge in [-0.2, -0.15) is 0 Å². The number of para-hydroxylation sites is 1. The Balaban J connectivity index is 2.76. The van der Waals surface area contributed by atoms with Crippen LogP contribution in [0.25, 0.3) is 0 Å². The summed E-state index contributed by atoms with van der Waals surface area (Å²) in [7, 11) is -2.20. The Hall–Kier alpha value is -1.80. The van der Waals surface area contributed by atoms with E-state index >= 15 is 0 Å². The van der Waals surface area contributed by atoms with Crippen molar-refractivity contribution < 1.29 is 17.9 Å². The predicted octanol–water partition coefficient (Wildman–Crippen LogP) is -0.704. The molecule has 0 atom stereocenters. The van der Waals surface area contributed by atoms with Crippen LogP contribution in [-0.4, -0.2) is 33.7 Å². The predicted molar refractivity (Wildman–Crippen MR) is 67.7 cm³/mol. The van der Waals surface area contributed by atoms with E-state index in [0.29, 0.717) is 5.69 Å². The van der Waals surface area contributed by atoms with E-state index < -0.39 is 15.9 Å². The molecule has 0 aromatic heterocycles. The number of primary sulfonamides is 1. The number of methoxy groups -OCH3 is 1. The van der Waals surface area contributed by atoms with Crippen molar-refractivity contribution in [3.05, 3.63) is 23.8 Å². The number of benzene rings is 1. The molecule has 18 heavy (non-hydrogen) atoms. The number of carbonyl (C=O) groups is 1. The first-order chi connectivity index (χ1) is 8.35. The molecule has 8 heteroatoms. The van der Waals surface area contributed by atoms with Gasteiger partial charge in [0.25, 0.3) is 5.91 Å². The Labute approximate surface area is 105 Å². The fourth-order valence-corrected chi connectivity index (χ4v) is 1.75. The average molecular weight is 273 g/mol. The van der Waals surface area contributed by atoms with Crippen molar-refractivity contribution in [3.8, 4) is 5.75 Å². The first-order valence-corrected chi connectivity index (χ1v) is 6.78. The Morgan fingerprint density at radius 2 is 2.11 bits per heavy atom. The van der Waals surface area contributed by atoms with Gasteiger partial charge in [-0.1, -0.05) is 6.07 Å². The summed E-state index contributed by atoms with van der Waals surface area (Å²) in [5.41, 5.74) is 6.22. The van der Waals surface area contributed by atoms with Crippen LogP contribution in [0.15, 0.2) is 18.2 Å². The Morgan fingerprint density at radius 1 is 1.44 bits per heavy atom. The number of ether oxygens (including phenoxy) is 1. The van der Waals surface area contributed by atoms with Crippen LogP contribution in [0.2, 0.25) is 0 Å². The Morgan fingerprint density at radius 3 is 2.67 bits per heavy atom. The lowest BCUT2D eigenvalue weighted by atomic mass is 10.1. The van der Waals surface area contributed by atoms with Crippen LogP contribution in [0.1, 0.15) is 10.4 Å². The van der Waals surface area contributed by atoms with Crippen molar-refractivity contribution in [2.75, 3.05) is 25.1 Å². The first kappa shape index (κ1) is 14.3. The highest BCUT2D eigenvalue weighted by Gasteiger charge is 2.14. The molecular formula is C10H15N3O4S. The molecule has 0 spiro atoms. The molecule has 100 valence electrons. The molecule has 1 amide bonds. The molecule has 0 aliphatic heterocycles. The second kappa shape index (κ2) is 5.69. The molecule has 0 heterocycles. The standard InChI is InChI=1S/C10H15N3O4S/c1-17-9-7(3-2-4-8(9)11)10(14)13-5-6-18(12,15)16/h2-4H,5-6,11H2,1H3,(H,13,14)(H2,12,15,16). The van der Waals surface area contributed by atoms with Gasteiger partial charge in [0.1, 0.15) is 0 Å². The number of carbonyl (C=O) groups excluding carboxylic acids is 1. The van der Waals surface area contributed by atoms with E-state index in [0.717, 1.165) is 0 Å². The molecule has 7 nitrogen and oxygen atoms in total. The number of nitrogen functional groups attached to an aromatic ring is 1. The number of anilines is 1. The smallest absolute Gasteiger partial charge is 0.255 e. The molecule has 1 aromatic rings. The van der Waals surface area contributed by atoms with Crippen LogP contribution in [-0.2, 0) is 10.0 Å². The zero-order valence-electron chi connectivity index (χ0n) is 9.84. The molecule has 0 unspecified atom stereocenters. The van der Waals surface area contributed by atoms with Crippen molar-refractivity contribution in [2.24, 2.45) is 5.14 Å². The van der Waals surface area contributed by atoms with Crippen molar-refractivity contribution in [1.82, 2.24) is 5.32 Å². The van der Waals surface area contributed by atoms with Crippen LogP contribution in [0.5, 0.6) is 5.75 Å². The highest BCUT2D eigenvalue weighted by Crippen LogP contribution is 2.25. The van der Waals surface area contributed by atoms with Gasteiger partial charge in [0.05, 0.1) is 24.1 Å². The normalized spacial score (nSPS) is 11.0. The van der Waals surface area contributed by atoms with Gasteiger partial charge < -0.3 is 15.8 Å². The van der Waals surface area contributed by atoms with Gasteiger partial charge in [-0.15, -0.1) is 0 Å². The zero-order chi connectivity index (χ0) is 13.8. The minimum Gasteiger partial charge on any atom is -0.494 e. The van der Waals surface area contributed by atoms with Gasteiger partial charge in [-0.25, -0.2) is 13.6 Å². The van der Waals surface area contributed by atoms with E-state index in [-0.39, 0.29) is 23.6 Å². The lowest BCUT2D eigenvalue weighted by molar-refractivity contribution is 0.0953. The van der Waals surface area contributed by atoms with Crippen molar-refractivity contribution in [2.45, 2.75) is 0 Å². The lowest BCUT2D eigenvalue weighted by Crippen LogP contribution is -2.31. The van der Waals surface area contributed by atoms with Crippen molar-refractivity contribution >= 4 is 21.6 Å². The highest BCUT2D eigenvalue weighted by atomic mass is 32.2. The molecule has 0 saturated heterocycles. The summed E-state index contributed by atoms with van der Waals surface area (Å²) in [5.74, 6) is -0.544. The minimum absolute atomic E-state index is 0.0738. The van der Waals surface area contributed by atoms with E-state index in [1.807, 2.05) is 0 Å². The molecule has 0 fully saturated rings. The van der Waals surface area contributed by atoms with Gasteiger partial charge in [-0.05, 0) is 12.1 Å². The summed E-state index contributed by atoms with van der Waals surface area (Å²) in [4.78, 5) is 11.8. The molecule has 0 bridgehead atoms. The van der Waals surface area contributed by atoms with Gasteiger partial charge in [0.2, 0.25) is 10.0 Å². The van der Waals surface area contributed by atoms with Gasteiger partial charge >= 0.3 is 0 Å². The fourth-order valence-electron chi connectivity index (χ4n) is 1.36. The topological polar surface area (TPSA) is 125 Å². The number of hydrogen-bond acceptors (Lipinski definition) is 5. The van der Waals surface area contributed by atoms with Crippen LogP contribution >= 0.6 is 0 Å². The first-order valence-electron chi connectivity index (χ1n) is 5.06. The third-order valence-corrected chi connectivity index (χ3v) is 2.94. The second-order valence-electron chi connectivity index (χ2n) is 3.55. The molecular weight excluding hydrogens is 258 g/mol. The molecule has 1 aromatic carbocycles. The van der Waals surface area contributed by atoms with Crippen molar-refractivity contribution in [1.29, 1.82) is 0 Å². The molecule has 1 rings (SSSR count). The van der Waals surface area contributed by atoms with E-state index in [2.05, 4.69) is 5.32 Å². The summed E-state index contributed by atoms with van der Waals surface area (Å²) in [5, 5.41) is 7.24. The van der Waals surface area contributed by atoms with Crippen molar-refractivity contribution in [3.63, 3.8) is 0 Å². The van der Waals surface area contributed by atoms with Gasteiger partial charge in [0, 0.05) is 6.54 Å². The summed E-state index contributed by atoms with van der Waals surface area (Å²) in [6.07, 6.45) is 0. The maximum Gasteiger partial charge on any atom is 0.255 e. The molecule has 0 aliphatic carbocycles. The number of nitrogens with two attached hydrogens (primary N) is 2. The van der Waals surface area contributed by atoms with E-state index in [4.69, 9.17) is 15.6 Å². The largest absolute Gasteiger partial charge is 0.494 e. The minimum atomic E-state index is -3.60. The fraction of sp³-hybridized carbons (Fsp3) is 0.300. The second-order valence-corrected chi connectivity index (χ2v) is 5.28. The molecule has 0 radical (unpaired) electrons. The SMILES string of the molecule is COc1c(N)cccc1C(=O)NCCS(N)(=O)=O.